The Balaban J connectivity index is 0.000000218. The average molecular weight is 2430 g/mol. The van der Waals surface area contributed by atoms with Crippen molar-refractivity contribution in [3.05, 3.63) is 413 Å². The predicted octanol–water partition coefficient (Wildman–Crippen LogP) is 13.6. The Kier molecular flexibility index (Phi) is 42.9. The molecule has 0 saturated carbocycles. The summed E-state index contributed by atoms with van der Waals surface area (Å²) in [6.45, 7) is 0. The van der Waals surface area contributed by atoms with Gasteiger partial charge in [0.25, 0.3) is 0 Å². The third-order valence-corrected chi connectivity index (χ3v) is 14.8. The first-order chi connectivity index (χ1) is 59.4. The van der Waals surface area contributed by atoms with Crippen molar-refractivity contribution in [2.45, 2.75) is 6.18 Å². The number of nitrogens with one attached hydrogen (secondary N) is 2. The summed E-state index contributed by atoms with van der Waals surface area (Å²) in [5.41, 5.74) is 1.61. The number of aromatic nitrogens is 27. The fourth-order valence-electron chi connectivity index (χ4n) is 9.57. The van der Waals surface area contributed by atoms with E-state index in [0.29, 0.717) is 28.5 Å². The maximum atomic E-state index is 13.2. The molecule has 0 aliphatic heterocycles. The molecule has 1 aromatic carbocycles. The first-order valence-electron chi connectivity index (χ1n) is 35.1. The van der Waals surface area contributed by atoms with Crippen molar-refractivity contribution in [1.82, 2.24) is 134 Å². The van der Waals surface area contributed by atoms with Gasteiger partial charge >= 0.3 is 26.4 Å². The Hall–Kier alpha value is -14.1. The number of aromatic amines is 2. The van der Waals surface area contributed by atoms with E-state index in [1.807, 2.05) is 85.7 Å². The van der Waals surface area contributed by atoms with Crippen molar-refractivity contribution in [1.29, 1.82) is 0 Å². The van der Waals surface area contributed by atoms with Crippen LogP contribution in [0.2, 0.25) is 0 Å². The summed E-state index contributed by atoms with van der Waals surface area (Å²) in [6, 6.07) is 60.3. The molecule has 19 aromatic rings. The van der Waals surface area contributed by atoms with Gasteiger partial charge in [-0.3, -0.25) is 66.5 Å². The van der Waals surface area contributed by atoms with Crippen molar-refractivity contribution >= 4 is 20.2 Å². The van der Waals surface area contributed by atoms with Crippen LogP contribution >= 0.6 is 0 Å². The molecule has 18 heterocycles. The van der Waals surface area contributed by atoms with Crippen LogP contribution in [0, 0.1) is 71.6 Å². The van der Waals surface area contributed by atoms with Gasteiger partial charge in [-0.15, -0.1) is 30.3 Å². The molecule has 0 fully saturated rings. The molecule has 4 radical (unpaired) electrons. The van der Waals surface area contributed by atoms with E-state index >= 15 is 0 Å². The van der Waals surface area contributed by atoms with Gasteiger partial charge in [-0.25, -0.2) is 36.1 Å². The predicted molar refractivity (Wildman–Crippen MR) is 419 cm³/mol. The summed E-state index contributed by atoms with van der Waals surface area (Å²) in [5, 5.41) is 52.5. The number of carbonyl (C=O) groups is 1. The third-order valence-electron chi connectivity index (χ3n) is 14.8. The van der Waals surface area contributed by atoms with Crippen molar-refractivity contribution in [3.8, 4) is 56.4 Å². The van der Waals surface area contributed by atoms with Crippen LogP contribution in [0.1, 0.15) is 16.2 Å². The van der Waals surface area contributed by atoms with E-state index in [2.05, 4.69) is 130 Å². The Morgan fingerprint density at radius 2 is 0.675 bits per heavy atom. The van der Waals surface area contributed by atoms with Gasteiger partial charge in [-0.1, -0.05) is 113 Å². The van der Waals surface area contributed by atoms with E-state index in [1.165, 1.54) is 37.1 Å². The number of aromatic carboxylic acids is 1. The van der Waals surface area contributed by atoms with E-state index < -0.39 is 65.2 Å². The van der Waals surface area contributed by atoms with Gasteiger partial charge < -0.3 is 35.2 Å². The van der Waals surface area contributed by atoms with E-state index in [9.17, 15) is 53.1 Å². The normalized spacial score (nSPS) is 9.83. The molecule has 0 bridgehead atoms. The average Bonchev–Trinajstić information content (AvgIpc) is 1.39. The molecule has 126 heavy (non-hydrogen) atoms. The quantitative estimate of drug-likeness (QED) is 0.0443. The zero-order valence-electron chi connectivity index (χ0n) is 63.9. The van der Waals surface area contributed by atoms with E-state index in [0.717, 1.165) is 36.4 Å². The number of halogens is 11. The molecule has 648 valence electrons. The van der Waals surface area contributed by atoms with Crippen LogP contribution in [-0.2, 0) is 86.6 Å². The van der Waals surface area contributed by atoms with Gasteiger partial charge in [-0.05, 0) is 126 Å². The molecule has 0 spiro atoms. The van der Waals surface area contributed by atoms with Crippen molar-refractivity contribution < 1.29 is 139 Å². The standard InChI is InChI=1S/C11H6F2N.3C10H5F2N2.2C9H9BN6.C9H5F3N3.C6H5NO2.2C3H4N2.4Ir/c12-8-4-5-9(10(13)7-8)11-3-1-2-6-14-11;3*11-9-5-4-7(10(12)14-9)8-3-1-2-6-13-8;2*1-4-11-14(7-1)10(15-8-2-5-12-15)16-9-3-6-13-16;10-9(11,12)8-5-7(14-15-8)6-3-1-2-4-13-6;8-6(9)5-3-1-2-4-7-5;2*1-2-4-5-3-1;;;;/h1-4,6-7H;3*1-3,5-6H;2*1-9H;1-5H;1-4H,(H,8,9);2*1-3H,(H,4,5);;;;/q4*-1;;;-1;;;;;;;. The maximum Gasteiger partial charge on any atom is 0.568 e. The molecule has 0 aliphatic carbocycles. The second-order valence-corrected chi connectivity index (χ2v) is 23.1. The van der Waals surface area contributed by atoms with Crippen LogP contribution in [0.5, 0.6) is 0 Å². The molecule has 19 rings (SSSR count). The summed E-state index contributed by atoms with van der Waals surface area (Å²) >= 11 is 0. The minimum Gasteiger partial charge on any atom is -0.573 e. The van der Waals surface area contributed by atoms with Crippen LogP contribution in [0.3, 0.4) is 0 Å². The fourth-order valence-corrected chi connectivity index (χ4v) is 9.57. The number of benzene rings is 1. The zero-order valence-corrected chi connectivity index (χ0v) is 73.4. The summed E-state index contributed by atoms with van der Waals surface area (Å²) in [7, 11) is -0.389. The molecule has 0 aliphatic rings. The molecular formula is C80H57B2F11Ir4N27O2-5. The zero-order chi connectivity index (χ0) is 86.1. The van der Waals surface area contributed by atoms with E-state index in [1.54, 1.807) is 199 Å². The first-order valence-corrected chi connectivity index (χ1v) is 35.1. The second-order valence-electron chi connectivity index (χ2n) is 23.1. The maximum absolute atomic E-state index is 13.2. The summed E-state index contributed by atoms with van der Waals surface area (Å²) in [4.78, 5) is 42.4. The largest absolute Gasteiger partial charge is 0.573 e. The summed E-state index contributed by atoms with van der Waals surface area (Å²) in [6.07, 6.45) is 33.2. The van der Waals surface area contributed by atoms with Crippen LogP contribution in [0.4, 0.5) is 48.3 Å². The molecule has 29 nitrogen and oxygen atoms in total. The summed E-state index contributed by atoms with van der Waals surface area (Å²) < 4.78 is 150. The Morgan fingerprint density at radius 1 is 0.365 bits per heavy atom. The molecule has 0 amide bonds. The summed E-state index contributed by atoms with van der Waals surface area (Å²) in [5.74, 6) is -7.64. The molecule has 3 N–H and O–H groups in total. The number of carboxylic acid groups (broad SMARTS) is 1. The van der Waals surface area contributed by atoms with Gasteiger partial charge in [0, 0.05) is 234 Å². The Labute approximate surface area is 763 Å². The SMILES string of the molecule is FC(F)(F)c1cc(-c2ccccn2)[n-]n1.Fc1c[c-]c(-c2ccccn2)c(F)c1.Fc1c[c-]c(-c2ccccn2)c(F)n1.Fc1c[c-]c(-c2ccccn2)c(F)n1.Fc1c[c-]c(-c2ccccn2)c(F)n1.O=C(O)c1ccccn1.[Ir].[Ir].[Ir].[Ir].c1cn[nH]c1.c1cn[nH]c1.c1cnn(B(n2cccn2)n2cccn2)c1.c1cnn(B(n2cccn2)n2cccn2)c1. The topological polar surface area (TPSA) is 345 Å². The number of carboxylic acids is 1. The number of alkyl halides is 3. The van der Waals surface area contributed by atoms with Crippen LogP contribution < -0.4 is 5.10 Å². The van der Waals surface area contributed by atoms with Crippen LogP contribution in [-0.4, -0.2) is 154 Å². The van der Waals surface area contributed by atoms with Gasteiger partial charge in [0.05, 0.1) is 0 Å². The Bertz CT molecular complexity index is 5390. The number of hydrogen-bond donors (Lipinski definition) is 3. The molecular weight excluding hydrogens is 2370 g/mol. The number of rotatable bonds is 12. The number of H-pyrrole nitrogens is 2. The van der Waals surface area contributed by atoms with Gasteiger partial charge in [-0.2, -0.15) is 54.0 Å². The minimum atomic E-state index is -4.46. The molecule has 18 aromatic heterocycles. The van der Waals surface area contributed by atoms with Crippen molar-refractivity contribution in [2.75, 3.05) is 0 Å². The van der Waals surface area contributed by atoms with Gasteiger partial charge in [0.2, 0.25) is 0 Å². The van der Waals surface area contributed by atoms with Crippen LogP contribution in [0.15, 0.2) is 330 Å². The van der Waals surface area contributed by atoms with E-state index in [4.69, 9.17) is 5.11 Å². The fraction of sp³-hybridized carbons (Fsp3) is 0.0125. The smallest absolute Gasteiger partial charge is 0.568 e. The first kappa shape index (κ1) is 101. The third kappa shape index (κ3) is 32.3. The number of pyridine rings is 9. The molecule has 0 atom stereocenters. The van der Waals surface area contributed by atoms with Crippen molar-refractivity contribution in [2.24, 2.45) is 0 Å². The van der Waals surface area contributed by atoms with Gasteiger partial charge in [0.15, 0.2) is 0 Å². The number of nitrogens with zero attached hydrogens (tertiary/aromatic N) is 25. The van der Waals surface area contributed by atoms with Crippen molar-refractivity contribution in [3.63, 3.8) is 0 Å². The monoisotopic (exact) mass is 2430 g/mol. The molecule has 0 unspecified atom stereocenters. The van der Waals surface area contributed by atoms with E-state index in [-0.39, 0.29) is 128 Å². The molecule has 46 heteroatoms. The second kappa shape index (κ2) is 53.7. The Morgan fingerprint density at radius 3 is 0.897 bits per heavy atom. The molecule has 0 saturated heterocycles. The minimum absolute atomic E-state index is 0. The van der Waals surface area contributed by atoms with Crippen LogP contribution in [0.25, 0.3) is 56.4 Å². The van der Waals surface area contributed by atoms with Gasteiger partial charge in [0.1, 0.15) is 47.1 Å². The number of hydrogen-bond acceptors (Lipinski definition) is 19.